The molecule has 1 amide bonds. The van der Waals surface area contributed by atoms with Crippen LogP contribution in [0.25, 0.3) is 0 Å². The summed E-state index contributed by atoms with van der Waals surface area (Å²) in [5.74, 6) is 0.0194. The van der Waals surface area contributed by atoms with E-state index in [1.165, 1.54) is 0 Å². The quantitative estimate of drug-likeness (QED) is 0.729. The van der Waals surface area contributed by atoms with Gasteiger partial charge in [0.1, 0.15) is 0 Å². The zero-order chi connectivity index (χ0) is 10.4. The lowest BCUT2D eigenvalue weighted by atomic mass is 9.91. The fourth-order valence-corrected chi connectivity index (χ4v) is 1.83. The molecule has 0 heterocycles. The van der Waals surface area contributed by atoms with E-state index in [9.17, 15) is 4.79 Å². The van der Waals surface area contributed by atoms with Gasteiger partial charge in [0.05, 0.1) is 0 Å². The van der Waals surface area contributed by atoms with Gasteiger partial charge in [-0.3, -0.25) is 4.79 Å². The summed E-state index contributed by atoms with van der Waals surface area (Å²) in [6.45, 7) is 2.01. The predicted molar refractivity (Wildman–Crippen MR) is 65.1 cm³/mol. The minimum Gasteiger partial charge on any atom is -0.350 e. The molecule has 4 heteroatoms. The first kappa shape index (κ1) is 14.5. The van der Waals surface area contributed by atoms with Crippen LogP contribution in [0.4, 0.5) is 0 Å². The van der Waals surface area contributed by atoms with Crippen molar-refractivity contribution < 1.29 is 4.79 Å². The predicted octanol–water partition coefficient (Wildman–Crippen LogP) is 1.76. The van der Waals surface area contributed by atoms with Crippen molar-refractivity contribution in [1.82, 2.24) is 5.32 Å². The average Bonchev–Trinajstić information content (AvgIpc) is 2.15. The van der Waals surface area contributed by atoms with E-state index in [2.05, 4.69) is 5.32 Å². The molecular weight excluding hydrogens is 212 g/mol. The molecule has 15 heavy (non-hydrogen) atoms. The summed E-state index contributed by atoms with van der Waals surface area (Å²) in [5, 5.41) is 2.98. The highest BCUT2D eigenvalue weighted by Crippen LogP contribution is 2.16. The first-order chi connectivity index (χ1) is 6.72. The van der Waals surface area contributed by atoms with Crippen LogP contribution in [0, 0.1) is 0 Å². The molecule has 1 aliphatic rings. The smallest absolute Gasteiger partial charge is 0.243 e. The van der Waals surface area contributed by atoms with Crippen molar-refractivity contribution in [2.45, 2.75) is 51.1 Å². The average molecular weight is 233 g/mol. The Labute approximate surface area is 97.9 Å². The van der Waals surface area contributed by atoms with Gasteiger partial charge in [-0.05, 0) is 38.2 Å². The Kier molecular flexibility index (Phi) is 7.44. The lowest BCUT2D eigenvalue weighted by Gasteiger charge is -2.26. The van der Waals surface area contributed by atoms with Crippen LogP contribution in [0.15, 0.2) is 12.2 Å². The first-order valence-electron chi connectivity index (χ1n) is 5.45. The number of carbonyl (C=O) groups excluding carboxylic acids is 1. The third kappa shape index (κ3) is 5.80. The van der Waals surface area contributed by atoms with Crippen LogP contribution in [0.1, 0.15) is 39.0 Å². The Morgan fingerprint density at radius 2 is 2.27 bits per heavy atom. The van der Waals surface area contributed by atoms with Crippen LogP contribution < -0.4 is 11.1 Å². The molecule has 2 unspecified atom stereocenters. The highest BCUT2D eigenvalue weighted by Gasteiger charge is 2.19. The van der Waals surface area contributed by atoms with Crippen molar-refractivity contribution in [3.63, 3.8) is 0 Å². The highest BCUT2D eigenvalue weighted by molar-refractivity contribution is 5.87. The largest absolute Gasteiger partial charge is 0.350 e. The molecule has 1 aliphatic carbocycles. The summed E-state index contributed by atoms with van der Waals surface area (Å²) >= 11 is 0. The van der Waals surface area contributed by atoms with Gasteiger partial charge in [0.2, 0.25) is 5.91 Å². The number of nitrogens with two attached hydrogens (primary N) is 1. The fraction of sp³-hybridized carbons (Fsp3) is 0.727. The van der Waals surface area contributed by atoms with E-state index in [-0.39, 0.29) is 30.4 Å². The highest BCUT2D eigenvalue weighted by atomic mass is 35.5. The maximum absolute atomic E-state index is 11.3. The van der Waals surface area contributed by atoms with Gasteiger partial charge < -0.3 is 11.1 Å². The van der Waals surface area contributed by atoms with Crippen LogP contribution in [-0.2, 0) is 4.79 Å². The van der Waals surface area contributed by atoms with Gasteiger partial charge in [0.15, 0.2) is 0 Å². The number of allylic oxidation sites excluding steroid dienone is 1. The third-order valence-electron chi connectivity index (χ3n) is 2.57. The number of amides is 1. The first-order valence-corrected chi connectivity index (χ1v) is 5.45. The maximum atomic E-state index is 11.3. The van der Waals surface area contributed by atoms with Crippen LogP contribution in [0.2, 0.25) is 0 Å². The fourth-order valence-electron chi connectivity index (χ4n) is 1.83. The van der Waals surface area contributed by atoms with Crippen molar-refractivity contribution >= 4 is 18.3 Å². The van der Waals surface area contributed by atoms with Gasteiger partial charge in [0.25, 0.3) is 0 Å². The molecule has 0 bridgehead atoms. The summed E-state index contributed by atoms with van der Waals surface area (Å²) in [4.78, 5) is 11.3. The van der Waals surface area contributed by atoms with Crippen molar-refractivity contribution in [2.75, 3.05) is 0 Å². The van der Waals surface area contributed by atoms with E-state index < -0.39 is 0 Å². The number of hydrogen-bond acceptors (Lipinski definition) is 2. The molecule has 0 saturated heterocycles. The number of halogens is 1. The summed E-state index contributed by atoms with van der Waals surface area (Å²) in [6, 6.07) is 0.553. The minimum atomic E-state index is 0. The van der Waals surface area contributed by atoms with Crippen molar-refractivity contribution in [1.29, 1.82) is 0 Å². The summed E-state index contributed by atoms with van der Waals surface area (Å²) in [6.07, 6.45) is 8.60. The lowest BCUT2D eigenvalue weighted by Crippen LogP contribution is -2.41. The zero-order valence-electron chi connectivity index (χ0n) is 9.24. The second-order valence-corrected chi connectivity index (χ2v) is 3.94. The van der Waals surface area contributed by atoms with E-state index in [1.54, 1.807) is 6.08 Å². The standard InChI is InChI=1S/C11H20N2O.ClH/c1-2-3-7-11(14)13-10-6-4-5-9(12)8-10;/h3,7,9-10H,2,4-6,8,12H2,1H3,(H,13,14);1H/b7-3+;. The second kappa shape index (κ2) is 7.71. The van der Waals surface area contributed by atoms with Gasteiger partial charge in [-0.2, -0.15) is 0 Å². The third-order valence-corrected chi connectivity index (χ3v) is 2.57. The summed E-state index contributed by atoms with van der Waals surface area (Å²) in [7, 11) is 0. The minimum absolute atomic E-state index is 0. The SMILES string of the molecule is CC/C=C/C(=O)NC1CCCC(N)C1.Cl. The maximum Gasteiger partial charge on any atom is 0.243 e. The second-order valence-electron chi connectivity index (χ2n) is 3.94. The van der Waals surface area contributed by atoms with Gasteiger partial charge in [-0.15, -0.1) is 12.4 Å². The molecular formula is C11H21ClN2O. The molecule has 2 atom stereocenters. The normalized spacial score (nSPS) is 26.0. The van der Waals surface area contributed by atoms with E-state index in [0.29, 0.717) is 0 Å². The van der Waals surface area contributed by atoms with Crippen LogP contribution >= 0.6 is 12.4 Å². The number of carbonyl (C=O) groups is 1. The molecule has 1 rings (SSSR count). The Morgan fingerprint density at radius 1 is 1.53 bits per heavy atom. The molecule has 88 valence electrons. The van der Waals surface area contributed by atoms with Crippen molar-refractivity contribution in [3.8, 4) is 0 Å². The van der Waals surface area contributed by atoms with Gasteiger partial charge in [-0.1, -0.05) is 13.0 Å². The van der Waals surface area contributed by atoms with Crippen LogP contribution in [0.5, 0.6) is 0 Å². The van der Waals surface area contributed by atoms with E-state index >= 15 is 0 Å². The Balaban J connectivity index is 0.00000196. The zero-order valence-corrected chi connectivity index (χ0v) is 10.1. The Morgan fingerprint density at radius 3 is 2.87 bits per heavy atom. The number of hydrogen-bond donors (Lipinski definition) is 2. The van der Waals surface area contributed by atoms with Crippen LogP contribution in [-0.4, -0.2) is 18.0 Å². The molecule has 0 aromatic rings. The molecule has 1 saturated carbocycles. The molecule has 0 aliphatic heterocycles. The molecule has 3 nitrogen and oxygen atoms in total. The van der Waals surface area contributed by atoms with Crippen LogP contribution in [0.3, 0.4) is 0 Å². The van der Waals surface area contributed by atoms with E-state index in [4.69, 9.17) is 5.73 Å². The molecule has 0 radical (unpaired) electrons. The topological polar surface area (TPSA) is 55.1 Å². The number of rotatable bonds is 3. The number of nitrogens with one attached hydrogen (secondary N) is 1. The van der Waals surface area contributed by atoms with E-state index in [1.807, 2.05) is 13.0 Å². The lowest BCUT2D eigenvalue weighted by molar-refractivity contribution is -0.117. The van der Waals surface area contributed by atoms with Crippen molar-refractivity contribution in [2.24, 2.45) is 5.73 Å². The molecule has 1 fully saturated rings. The molecule has 0 aromatic carbocycles. The monoisotopic (exact) mass is 232 g/mol. The van der Waals surface area contributed by atoms with Gasteiger partial charge in [-0.25, -0.2) is 0 Å². The van der Waals surface area contributed by atoms with Crippen molar-refractivity contribution in [3.05, 3.63) is 12.2 Å². The molecule has 0 spiro atoms. The van der Waals surface area contributed by atoms with Gasteiger partial charge >= 0.3 is 0 Å². The molecule has 3 N–H and O–H groups in total. The summed E-state index contributed by atoms with van der Waals surface area (Å²) in [5.41, 5.74) is 5.83. The molecule has 0 aromatic heterocycles. The Hall–Kier alpha value is -0.540. The Bertz CT molecular complexity index is 219. The van der Waals surface area contributed by atoms with E-state index in [0.717, 1.165) is 32.1 Å². The summed E-state index contributed by atoms with van der Waals surface area (Å²) < 4.78 is 0. The van der Waals surface area contributed by atoms with Gasteiger partial charge in [0, 0.05) is 12.1 Å².